The number of carbonyl (C=O) groups is 1. The summed E-state index contributed by atoms with van der Waals surface area (Å²) in [5.41, 5.74) is 4.76. The Hall–Kier alpha value is -3.04. The minimum Gasteiger partial charge on any atom is -0.471 e. The van der Waals surface area contributed by atoms with Crippen molar-refractivity contribution < 1.29 is 23.4 Å². The third-order valence-electron chi connectivity index (χ3n) is 5.57. The lowest BCUT2D eigenvalue weighted by Crippen LogP contribution is -2.47. The molecule has 0 aliphatic heterocycles. The quantitative estimate of drug-likeness (QED) is 0.653. The highest BCUT2D eigenvalue weighted by Gasteiger charge is 2.40. The summed E-state index contributed by atoms with van der Waals surface area (Å²) in [5.74, 6) is -2.17. The van der Waals surface area contributed by atoms with Gasteiger partial charge in [0, 0.05) is 30.2 Å². The summed E-state index contributed by atoms with van der Waals surface area (Å²) in [7, 11) is 0. The molecule has 0 fully saturated rings. The lowest BCUT2D eigenvalue weighted by molar-refractivity contribution is -0.115. The molecule has 1 aliphatic carbocycles. The van der Waals surface area contributed by atoms with Crippen molar-refractivity contribution in [2.45, 2.75) is 38.8 Å². The first kappa shape index (κ1) is 23.6. The van der Waals surface area contributed by atoms with Crippen LogP contribution in [0.4, 0.5) is 8.78 Å². The van der Waals surface area contributed by atoms with Gasteiger partial charge in [0.05, 0.1) is 5.54 Å². The second-order valence-corrected chi connectivity index (χ2v) is 7.91. The van der Waals surface area contributed by atoms with E-state index in [0.29, 0.717) is 11.1 Å². The van der Waals surface area contributed by atoms with Gasteiger partial charge in [-0.1, -0.05) is 23.8 Å². The SMILES string of the molecule is CC1=CC=C(C(N)=O)CC1(CCO)n1c(C)nc(OCc2ccc(F)cc2F)c(Cl)c1=O. The standard InChI is InChI=1S/C22H22ClF2N3O4/c1-12-3-4-14(19(26)30)10-22(12,7-8-29)28-13(2)27-20(18(23)21(28)31)32-11-15-5-6-16(24)9-17(15)25/h3-6,9,29H,7-8,10-11H2,1-2H3,(H2,26,30). The lowest BCUT2D eigenvalue weighted by Gasteiger charge is -2.39. The molecule has 7 nitrogen and oxygen atoms in total. The molecule has 1 aromatic carbocycles. The van der Waals surface area contributed by atoms with Crippen molar-refractivity contribution >= 4 is 17.5 Å². The normalized spacial score (nSPS) is 18.2. The van der Waals surface area contributed by atoms with Gasteiger partial charge >= 0.3 is 0 Å². The lowest BCUT2D eigenvalue weighted by atomic mass is 9.77. The molecule has 3 rings (SSSR count). The van der Waals surface area contributed by atoms with E-state index in [1.807, 2.05) is 0 Å². The van der Waals surface area contributed by atoms with E-state index < -0.39 is 28.6 Å². The molecule has 10 heteroatoms. The molecule has 170 valence electrons. The number of carbonyl (C=O) groups excluding carboxylic acids is 1. The molecule has 0 radical (unpaired) electrons. The van der Waals surface area contributed by atoms with Crippen LogP contribution in [0.3, 0.4) is 0 Å². The first-order chi connectivity index (χ1) is 15.1. The zero-order chi connectivity index (χ0) is 23.6. The van der Waals surface area contributed by atoms with E-state index in [-0.39, 0.29) is 48.3 Å². The fourth-order valence-electron chi connectivity index (χ4n) is 3.87. The van der Waals surface area contributed by atoms with E-state index in [0.717, 1.165) is 12.1 Å². The number of aromatic nitrogens is 2. The number of allylic oxidation sites excluding steroid dienone is 3. The number of aliphatic hydroxyl groups is 1. The highest BCUT2D eigenvalue weighted by molar-refractivity contribution is 6.31. The minimum absolute atomic E-state index is 0.0603. The van der Waals surface area contributed by atoms with Crippen molar-refractivity contribution in [3.63, 3.8) is 0 Å². The average molecular weight is 466 g/mol. The summed E-state index contributed by atoms with van der Waals surface area (Å²) in [6.07, 6.45) is 3.43. The van der Waals surface area contributed by atoms with Gasteiger partial charge in [0.1, 0.15) is 24.1 Å². The van der Waals surface area contributed by atoms with Crippen molar-refractivity contribution in [1.82, 2.24) is 9.55 Å². The molecule has 0 saturated carbocycles. The van der Waals surface area contributed by atoms with Crippen molar-refractivity contribution in [3.05, 3.63) is 79.9 Å². The Balaban J connectivity index is 2.04. The second kappa shape index (κ2) is 9.22. The van der Waals surface area contributed by atoms with Crippen molar-refractivity contribution in [3.8, 4) is 5.88 Å². The number of hydrogen-bond donors (Lipinski definition) is 2. The summed E-state index contributed by atoms with van der Waals surface area (Å²) in [5, 5.41) is 9.38. The number of ether oxygens (including phenoxy) is 1. The Morgan fingerprint density at radius 3 is 2.69 bits per heavy atom. The highest BCUT2D eigenvalue weighted by atomic mass is 35.5. The number of hydrogen-bond acceptors (Lipinski definition) is 5. The molecule has 1 aromatic heterocycles. The maximum atomic E-state index is 13.9. The van der Waals surface area contributed by atoms with Crippen LogP contribution >= 0.6 is 11.6 Å². The maximum absolute atomic E-state index is 13.9. The monoisotopic (exact) mass is 465 g/mol. The molecule has 1 aliphatic rings. The average Bonchev–Trinajstić information content (AvgIpc) is 2.72. The molecule has 1 unspecified atom stereocenters. The Morgan fingerprint density at radius 2 is 2.06 bits per heavy atom. The van der Waals surface area contributed by atoms with Crippen LogP contribution in [-0.2, 0) is 16.9 Å². The van der Waals surface area contributed by atoms with Crippen LogP contribution in [0.1, 0.15) is 31.2 Å². The van der Waals surface area contributed by atoms with Crippen LogP contribution in [0.2, 0.25) is 5.02 Å². The largest absolute Gasteiger partial charge is 0.471 e. The summed E-state index contributed by atoms with van der Waals surface area (Å²) < 4.78 is 33.8. The third-order valence-corrected chi connectivity index (χ3v) is 5.89. The topological polar surface area (TPSA) is 107 Å². The van der Waals surface area contributed by atoms with Crippen LogP contribution in [0.5, 0.6) is 5.88 Å². The number of nitrogens with zero attached hydrogens (tertiary/aromatic N) is 2. The molecule has 2 aromatic rings. The van der Waals surface area contributed by atoms with E-state index in [1.165, 1.54) is 10.6 Å². The number of amides is 1. The van der Waals surface area contributed by atoms with Gasteiger partial charge in [-0.3, -0.25) is 14.2 Å². The van der Waals surface area contributed by atoms with Crippen LogP contribution in [0, 0.1) is 18.6 Å². The molecular weight excluding hydrogens is 444 g/mol. The van der Waals surface area contributed by atoms with Gasteiger partial charge in [0.25, 0.3) is 5.56 Å². The zero-order valence-corrected chi connectivity index (χ0v) is 18.2. The summed E-state index contributed by atoms with van der Waals surface area (Å²) in [4.78, 5) is 29.4. The van der Waals surface area contributed by atoms with Gasteiger partial charge in [-0.2, -0.15) is 4.98 Å². The molecule has 0 bridgehead atoms. The molecule has 1 heterocycles. The van der Waals surface area contributed by atoms with Crippen LogP contribution in [0.25, 0.3) is 0 Å². The van der Waals surface area contributed by atoms with Crippen molar-refractivity contribution in [1.29, 1.82) is 0 Å². The summed E-state index contributed by atoms with van der Waals surface area (Å²) in [6, 6.07) is 3.02. The number of halogens is 3. The second-order valence-electron chi connectivity index (χ2n) is 7.53. The van der Waals surface area contributed by atoms with Gasteiger partial charge in [-0.25, -0.2) is 8.78 Å². The molecule has 0 spiro atoms. The van der Waals surface area contributed by atoms with Crippen LogP contribution in [-0.4, -0.2) is 27.2 Å². The van der Waals surface area contributed by atoms with E-state index >= 15 is 0 Å². The predicted octanol–water partition coefficient (Wildman–Crippen LogP) is 2.90. The third kappa shape index (κ3) is 4.31. The molecule has 3 N–H and O–H groups in total. The first-order valence-corrected chi connectivity index (χ1v) is 10.1. The Bertz CT molecular complexity index is 1190. The van der Waals surface area contributed by atoms with Crippen LogP contribution < -0.4 is 16.0 Å². The molecular formula is C22H22ClF2N3O4. The molecule has 0 saturated heterocycles. The summed E-state index contributed by atoms with van der Waals surface area (Å²) >= 11 is 6.27. The number of rotatable bonds is 7. The van der Waals surface area contributed by atoms with Gasteiger partial charge in [-0.05, 0) is 38.0 Å². The Kier molecular flexibility index (Phi) is 6.80. The minimum atomic E-state index is -1.10. The number of nitrogens with two attached hydrogens (primary N) is 1. The molecule has 32 heavy (non-hydrogen) atoms. The number of aliphatic hydroxyl groups excluding tert-OH is 1. The first-order valence-electron chi connectivity index (χ1n) is 9.75. The fraction of sp³-hybridized carbons (Fsp3) is 0.318. The van der Waals surface area contributed by atoms with Gasteiger partial charge in [-0.15, -0.1) is 0 Å². The molecule has 1 amide bonds. The van der Waals surface area contributed by atoms with E-state index in [2.05, 4.69) is 4.98 Å². The maximum Gasteiger partial charge on any atom is 0.277 e. The fourth-order valence-corrected chi connectivity index (χ4v) is 4.05. The van der Waals surface area contributed by atoms with Gasteiger partial charge in [0.15, 0.2) is 5.02 Å². The van der Waals surface area contributed by atoms with Gasteiger partial charge < -0.3 is 15.6 Å². The molecule has 1 atom stereocenters. The van der Waals surface area contributed by atoms with Crippen LogP contribution in [0.15, 0.2) is 46.3 Å². The van der Waals surface area contributed by atoms with E-state index in [9.17, 15) is 23.5 Å². The predicted molar refractivity (Wildman–Crippen MR) is 114 cm³/mol. The Morgan fingerprint density at radius 1 is 1.34 bits per heavy atom. The number of aryl methyl sites for hydroxylation is 1. The smallest absolute Gasteiger partial charge is 0.277 e. The number of primary amides is 1. The van der Waals surface area contributed by atoms with Crippen molar-refractivity contribution in [2.75, 3.05) is 6.61 Å². The van der Waals surface area contributed by atoms with Crippen molar-refractivity contribution in [2.24, 2.45) is 5.73 Å². The Labute approximate surface area is 187 Å². The van der Waals surface area contributed by atoms with Gasteiger partial charge in [0.2, 0.25) is 11.8 Å². The zero-order valence-electron chi connectivity index (χ0n) is 17.5. The van der Waals surface area contributed by atoms with E-state index in [1.54, 1.807) is 26.0 Å². The summed E-state index contributed by atoms with van der Waals surface area (Å²) in [6.45, 7) is 2.73. The van der Waals surface area contributed by atoms with E-state index in [4.69, 9.17) is 22.1 Å². The number of benzene rings is 1. The highest BCUT2D eigenvalue weighted by Crippen LogP contribution is 2.39.